The van der Waals surface area contributed by atoms with Gasteiger partial charge < -0.3 is 10.3 Å². The van der Waals surface area contributed by atoms with Gasteiger partial charge in [-0.1, -0.05) is 0 Å². The fraction of sp³-hybridized carbons (Fsp3) is 0.385. The topological polar surface area (TPSA) is 96.7 Å². The summed E-state index contributed by atoms with van der Waals surface area (Å²) in [7, 11) is 0. The third-order valence-corrected chi connectivity index (χ3v) is 2.96. The molecule has 0 aliphatic carbocycles. The fourth-order valence-corrected chi connectivity index (χ4v) is 1.91. The number of hydrogen-bond acceptors (Lipinski definition) is 5. The van der Waals surface area contributed by atoms with Gasteiger partial charge >= 0.3 is 0 Å². The second-order valence-corrected chi connectivity index (χ2v) is 4.48. The van der Waals surface area contributed by atoms with E-state index < -0.39 is 4.92 Å². The minimum Gasteiger partial charge on any atom is -0.370 e. The van der Waals surface area contributed by atoms with Gasteiger partial charge in [-0.05, 0) is 25.8 Å². The Bertz CT molecular complexity index is 568. The van der Waals surface area contributed by atoms with Crippen molar-refractivity contribution in [1.82, 2.24) is 15.0 Å². The zero-order chi connectivity index (χ0) is 14.4. The number of H-pyrrole nitrogens is 1. The predicted octanol–water partition coefficient (Wildman–Crippen LogP) is 2.46. The molecule has 0 radical (unpaired) electrons. The Balaban J connectivity index is 1.74. The third kappa shape index (κ3) is 3.78. The normalized spacial score (nSPS) is 10.4. The van der Waals surface area contributed by atoms with Crippen molar-refractivity contribution >= 4 is 11.5 Å². The molecule has 0 bridgehead atoms. The van der Waals surface area contributed by atoms with Crippen molar-refractivity contribution < 1.29 is 4.92 Å². The van der Waals surface area contributed by atoms with E-state index in [-0.39, 0.29) is 5.69 Å². The Morgan fingerprint density at radius 3 is 2.90 bits per heavy atom. The summed E-state index contributed by atoms with van der Waals surface area (Å²) in [6, 6.07) is 3.12. The highest BCUT2D eigenvalue weighted by Crippen LogP contribution is 2.17. The monoisotopic (exact) mass is 275 g/mol. The number of nitrogens with one attached hydrogen (secondary N) is 2. The summed E-state index contributed by atoms with van der Waals surface area (Å²) in [5.74, 6) is 1.67. The molecule has 20 heavy (non-hydrogen) atoms. The molecule has 0 spiro atoms. The van der Waals surface area contributed by atoms with Crippen LogP contribution in [0.5, 0.6) is 0 Å². The molecular weight excluding hydrogens is 258 g/mol. The first-order valence-electron chi connectivity index (χ1n) is 6.51. The molecular formula is C13H17N5O2. The maximum absolute atomic E-state index is 10.7. The van der Waals surface area contributed by atoms with Crippen molar-refractivity contribution in [2.75, 3.05) is 11.9 Å². The molecule has 0 saturated heterocycles. The molecule has 106 valence electrons. The molecule has 2 rings (SSSR count). The lowest BCUT2D eigenvalue weighted by Crippen LogP contribution is -2.05. The summed E-state index contributed by atoms with van der Waals surface area (Å²) in [5.41, 5.74) is 0.476. The van der Waals surface area contributed by atoms with Crippen LogP contribution in [-0.4, -0.2) is 26.4 Å². The van der Waals surface area contributed by atoms with Gasteiger partial charge in [0.25, 0.3) is 5.69 Å². The van der Waals surface area contributed by atoms with Crippen LogP contribution in [0.15, 0.2) is 24.5 Å². The molecule has 0 atom stereocenters. The molecule has 0 amide bonds. The minimum absolute atomic E-state index is 0.0494. The summed E-state index contributed by atoms with van der Waals surface area (Å²) < 4.78 is 0. The van der Waals surface area contributed by atoms with E-state index in [1.54, 1.807) is 19.2 Å². The minimum atomic E-state index is -0.421. The summed E-state index contributed by atoms with van der Waals surface area (Å²) >= 11 is 0. The number of pyridine rings is 1. The summed E-state index contributed by atoms with van der Waals surface area (Å²) in [6.45, 7) is 2.42. The number of hydrogen-bond donors (Lipinski definition) is 2. The van der Waals surface area contributed by atoms with Crippen molar-refractivity contribution in [1.29, 1.82) is 0 Å². The molecule has 2 aromatic rings. The number of rotatable bonds is 7. The molecule has 0 saturated carbocycles. The molecule has 7 nitrogen and oxygen atoms in total. The van der Waals surface area contributed by atoms with Gasteiger partial charge in [0.15, 0.2) is 0 Å². The Hall–Kier alpha value is -2.44. The van der Waals surface area contributed by atoms with E-state index in [0.29, 0.717) is 11.5 Å². The lowest BCUT2D eigenvalue weighted by Gasteiger charge is -2.06. The number of aromatic nitrogens is 3. The van der Waals surface area contributed by atoms with Crippen LogP contribution in [0.3, 0.4) is 0 Å². The van der Waals surface area contributed by atoms with Crippen LogP contribution in [0.25, 0.3) is 0 Å². The quantitative estimate of drug-likeness (QED) is 0.459. The molecule has 0 aliphatic heterocycles. The Labute approximate surface area is 116 Å². The molecule has 2 heterocycles. The van der Waals surface area contributed by atoms with Gasteiger partial charge in [-0.15, -0.1) is 0 Å². The number of nitro groups is 1. The van der Waals surface area contributed by atoms with Crippen LogP contribution >= 0.6 is 0 Å². The highest BCUT2D eigenvalue weighted by molar-refractivity contribution is 5.44. The zero-order valence-electron chi connectivity index (χ0n) is 11.3. The van der Waals surface area contributed by atoms with Crippen molar-refractivity contribution in [3.63, 3.8) is 0 Å². The predicted molar refractivity (Wildman–Crippen MR) is 75.6 cm³/mol. The highest BCUT2D eigenvalue weighted by atomic mass is 16.6. The van der Waals surface area contributed by atoms with E-state index in [4.69, 9.17) is 0 Å². The Morgan fingerprint density at radius 2 is 2.25 bits per heavy atom. The standard InChI is InChI=1S/C13H17N5O2/c1-10-11(18(19)20)5-6-13(17-10)14-7-3-2-4-12-15-8-9-16-12/h5-6,8-9H,2-4,7H2,1H3,(H,14,17)(H,15,16). The number of imidazole rings is 1. The highest BCUT2D eigenvalue weighted by Gasteiger charge is 2.11. The molecule has 2 N–H and O–H groups in total. The maximum atomic E-state index is 10.7. The molecule has 0 aromatic carbocycles. The molecule has 2 aromatic heterocycles. The number of unbranched alkanes of at least 4 members (excludes halogenated alkanes) is 1. The average molecular weight is 275 g/mol. The Kier molecular flexibility index (Phi) is 4.65. The second kappa shape index (κ2) is 6.65. The molecule has 7 heteroatoms. The van der Waals surface area contributed by atoms with Gasteiger partial charge in [0.1, 0.15) is 17.3 Å². The zero-order valence-corrected chi connectivity index (χ0v) is 11.3. The van der Waals surface area contributed by atoms with Gasteiger partial charge in [0, 0.05) is 31.4 Å². The van der Waals surface area contributed by atoms with Gasteiger partial charge in [-0.3, -0.25) is 10.1 Å². The van der Waals surface area contributed by atoms with Gasteiger partial charge in [0.05, 0.1) is 4.92 Å². The number of nitrogens with zero attached hydrogens (tertiary/aromatic N) is 3. The van der Waals surface area contributed by atoms with Crippen LogP contribution < -0.4 is 5.32 Å². The number of aromatic amines is 1. The van der Waals surface area contributed by atoms with Crippen LogP contribution in [0, 0.1) is 17.0 Å². The molecule has 0 unspecified atom stereocenters. The van der Waals surface area contributed by atoms with Crippen LogP contribution in [0.2, 0.25) is 0 Å². The lowest BCUT2D eigenvalue weighted by molar-refractivity contribution is -0.385. The average Bonchev–Trinajstić information content (AvgIpc) is 2.91. The van der Waals surface area contributed by atoms with Crippen molar-refractivity contribution in [2.24, 2.45) is 0 Å². The van der Waals surface area contributed by atoms with Crippen LogP contribution in [0.1, 0.15) is 24.4 Å². The second-order valence-electron chi connectivity index (χ2n) is 4.48. The van der Waals surface area contributed by atoms with Crippen molar-refractivity contribution in [2.45, 2.75) is 26.2 Å². The summed E-state index contributed by atoms with van der Waals surface area (Å²) in [4.78, 5) is 21.7. The van der Waals surface area contributed by atoms with E-state index in [1.807, 2.05) is 6.20 Å². The SMILES string of the molecule is Cc1nc(NCCCCc2ncc[nH]2)ccc1[N+](=O)[O-]. The first kappa shape index (κ1) is 14.0. The largest absolute Gasteiger partial charge is 0.370 e. The number of aryl methyl sites for hydroxylation is 2. The molecule has 0 fully saturated rings. The summed E-state index contributed by atoms with van der Waals surface area (Å²) in [5, 5.41) is 13.8. The maximum Gasteiger partial charge on any atom is 0.290 e. The van der Waals surface area contributed by atoms with Gasteiger partial charge in [0.2, 0.25) is 0 Å². The first-order chi connectivity index (χ1) is 9.66. The van der Waals surface area contributed by atoms with Crippen LogP contribution in [-0.2, 0) is 6.42 Å². The van der Waals surface area contributed by atoms with Crippen LogP contribution in [0.4, 0.5) is 11.5 Å². The Morgan fingerprint density at radius 1 is 1.40 bits per heavy atom. The summed E-state index contributed by atoms with van der Waals surface area (Å²) in [6.07, 6.45) is 6.49. The molecule has 0 aliphatic rings. The van der Waals surface area contributed by atoms with Crippen molar-refractivity contribution in [3.05, 3.63) is 46.2 Å². The fourth-order valence-electron chi connectivity index (χ4n) is 1.91. The third-order valence-electron chi connectivity index (χ3n) is 2.96. The smallest absolute Gasteiger partial charge is 0.290 e. The lowest BCUT2D eigenvalue weighted by atomic mass is 10.2. The number of anilines is 1. The van der Waals surface area contributed by atoms with Gasteiger partial charge in [-0.2, -0.15) is 0 Å². The van der Waals surface area contributed by atoms with E-state index in [9.17, 15) is 10.1 Å². The van der Waals surface area contributed by atoms with Crippen molar-refractivity contribution in [3.8, 4) is 0 Å². The van der Waals surface area contributed by atoms with E-state index in [2.05, 4.69) is 20.3 Å². The first-order valence-corrected chi connectivity index (χ1v) is 6.51. The van der Waals surface area contributed by atoms with Gasteiger partial charge in [-0.25, -0.2) is 9.97 Å². The van der Waals surface area contributed by atoms with E-state index in [0.717, 1.165) is 31.6 Å². The van der Waals surface area contributed by atoms with E-state index >= 15 is 0 Å². The van der Waals surface area contributed by atoms with E-state index in [1.165, 1.54) is 6.07 Å².